The molecule has 0 aliphatic heterocycles. The Balaban J connectivity index is 2.13. The molecular formula is C12H9ClF2N2. The van der Waals surface area contributed by atoms with Gasteiger partial charge in [-0.3, -0.25) is 4.98 Å². The van der Waals surface area contributed by atoms with Gasteiger partial charge in [-0.2, -0.15) is 0 Å². The summed E-state index contributed by atoms with van der Waals surface area (Å²) in [6.45, 7) is 0.177. The number of hydrogen-bond acceptors (Lipinski definition) is 2. The van der Waals surface area contributed by atoms with Gasteiger partial charge in [0.1, 0.15) is 11.6 Å². The molecule has 0 unspecified atom stereocenters. The first-order valence-electron chi connectivity index (χ1n) is 4.94. The number of nitrogens with one attached hydrogen (secondary N) is 1. The van der Waals surface area contributed by atoms with Crippen molar-refractivity contribution in [2.75, 3.05) is 5.32 Å². The van der Waals surface area contributed by atoms with Gasteiger partial charge < -0.3 is 5.32 Å². The van der Waals surface area contributed by atoms with E-state index in [0.717, 1.165) is 6.20 Å². The van der Waals surface area contributed by atoms with E-state index in [0.29, 0.717) is 16.3 Å². The first kappa shape index (κ1) is 11.8. The molecule has 0 amide bonds. The summed E-state index contributed by atoms with van der Waals surface area (Å²) in [6, 6.07) is 5.74. The standard InChI is InChI=1S/C12H9ClF2N2/c13-11-2-1-3-12(15)10(11)7-17-9-4-8(14)5-16-6-9/h1-6,17H,7H2. The predicted octanol–water partition coefficient (Wildman–Crippen LogP) is 3.63. The van der Waals surface area contributed by atoms with E-state index >= 15 is 0 Å². The highest BCUT2D eigenvalue weighted by Crippen LogP contribution is 2.20. The van der Waals surface area contributed by atoms with Gasteiger partial charge in [0.2, 0.25) is 0 Å². The van der Waals surface area contributed by atoms with Crippen LogP contribution >= 0.6 is 11.6 Å². The van der Waals surface area contributed by atoms with Crippen LogP contribution in [0.4, 0.5) is 14.5 Å². The summed E-state index contributed by atoms with van der Waals surface area (Å²) < 4.78 is 26.3. The van der Waals surface area contributed by atoms with Crippen LogP contribution in [0.1, 0.15) is 5.56 Å². The number of benzene rings is 1. The molecule has 2 aromatic rings. The average Bonchev–Trinajstić information content (AvgIpc) is 2.28. The molecule has 1 N–H and O–H groups in total. The van der Waals surface area contributed by atoms with Gasteiger partial charge in [-0.1, -0.05) is 17.7 Å². The lowest BCUT2D eigenvalue weighted by Gasteiger charge is -2.08. The van der Waals surface area contributed by atoms with Crippen molar-refractivity contribution in [3.63, 3.8) is 0 Å². The molecule has 0 aliphatic rings. The summed E-state index contributed by atoms with van der Waals surface area (Å²) in [4.78, 5) is 3.68. The second kappa shape index (κ2) is 5.10. The lowest BCUT2D eigenvalue weighted by atomic mass is 10.2. The molecule has 0 saturated carbocycles. The third kappa shape index (κ3) is 2.91. The van der Waals surface area contributed by atoms with Gasteiger partial charge >= 0.3 is 0 Å². The minimum atomic E-state index is -0.449. The summed E-state index contributed by atoms with van der Waals surface area (Å²) in [5, 5.41) is 3.19. The lowest BCUT2D eigenvalue weighted by molar-refractivity contribution is 0.612. The van der Waals surface area contributed by atoms with Crippen molar-refractivity contribution < 1.29 is 8.78 Å². The minimum Gasteiger partial charge on any atom is -0.379 e. The maximum Gasteiger partial charge on any atom is 0.143 e. The van der Waals surface area contributed by atoms with Crippen molar-refractivity contribution in [3.05, 3.63) is 58.9 Å². The van der Waals surface area contributed by atoms with Crippen LogP contribution in [0.15, 0.2) is 36.7 Å². The molecule has 0 atom stereocenters. The van der Waals surface area contributed by atoms with Crippen molar-refractivity contribution in [2.45, 2.75) is 6.54 Å². The molecular weight excluding hydrogens is 246 g/mol. The number of hydrogen-bond donors (Lipinski definition) is 1. The fourth-order valence-electron chi connectivity index (χ4n) is 1.40. The van der Waals surface area contributed by atoms with E-state index in [1.54, 1.807) is 6.07 Å². The second-order valence-electron chi connectivity index (χ2n) is 3.45. The van der Waals surface area contributed by atoms with Crippen LogP contribution in [0.2, 0.25) is 5.02 Å². The van der Waals surface area contributed by atoms with Crippen molar-refractivity contribution in [3.8, 4) is 0 Å². The van der Waals surface area contributed by atoms with Crippen molar-refractivity contribution in [1.82, 2.24) is 4.98 Å². The molecule has 17 heavy (non-hydrogen) atoms. The highest BCUT2D eigenvalue weighted by molar-refractivity contribution is 6.31. The number of aromatic nitrogens is 1. The quantitative estimate of drug-likeness (QED) is 0.905. The fourth-order valence-corrected chi connectivity index (χ4v) is 1.63. The number of nitrogens with zero attached hydrogens (tertiary/aromatic N) is 1. The maximum absolute atomic E-state index is 13.4. The number of anilines is 1. The molecule has 2 rings (SSSR count). The zero-order valence-corrected chi connectivity index (χ0v) is 9.51. The Hall–Kier alpha value is -1.68. The Kier molecular flexibility index (Phi) is 3.54. The summed E-state index contributed by atoms with van der Waals surface area (Å²) >= 11 is 5.86. The van der Waals surface area contributed by atoms with E-state index in [9.17, 15) is 8.78 Å². The zero-order valence-electron chi connectivity index (χ0n) is 8.75. The summed E-state index contributed by atoms with van der Waals surface area (Å²) in [6.07, 6.45) is 2.55. The van der Waals surface area contributed by atoms with Crippen LogP contribution in [0.25, 0.3) is 0 Å². The normalized spacial score (nSPS) is 10.3. The van der Waals surface area contributed by atoms with Crippen LogP contribution in [-0.4, -0.2) is 4.98 Å². The average molecular weight is 255 g/mol. The molecule has 0 radical (unpaired) electrons. The Labute approximate surface area is 102 Å². The number of rotatable bonds is 3. The summed E-state index contributed by atoms with van der Waals surface area (Å²) in [5.74, 6) is -0.844. The van der Waals surface area contributed by atoms with E-state index in [2.05, 4.69) is 10.3 Å². The van der Waals surface area contributed by atoms with Gasteiger partial charge in [0, 0.05) is 23.2 Å². The Morgan fingerprint density at radius 2 is 2.06 bits per heavy atom. The maximum atomic E-state index is 13.4. The molecule has 0 spiro atoms. The topological polar surface area (TPSA) is 24.9 Å². The van der Waals surface area contributed by atoms with E-state index in [-0.39, 0.29) is 6.54 Å². The van der Waals surface area contributed by atoms with Crippen LogP contribution in [-0.2, 0) is 6.54 Å². The van der Waals surface area contributed by atoms with E-state index in [1.807, 2.05) is 0 Å². The van der Waals surface area contributed by atoms with E-state index < -0.39 is 11.6 Å². The van der Waals surface area contributed by atoms with Gasteiger partial charge in [-0.05, 0) is 12.1 Å². The molecule has 1 aromatic heterocycles. The van der Waals surface area contributed by atoms with Gasteiger partial charge in [0.15, 0.2) is 0 Å². The van der Waals surface area contributed by atoms with Crippen LogP contribution in [0, 0.1) is 11.6 Å². The van der Waals surface area contributed by atoms with Gasteiger partial charge in [0.25, 0.3) is 0 Å². The zero-order chi connectivity index (χ0) is 12.3. The monoisotopic (exact) mass is 254 g/mol. The minimum absolute atomic E-state index is 0.177. The SMILES string of the molecule is Fc1cncc(NCc2c(F)cccc2Cl)c1. The van der Waals surface area contributed by atoms with Crippen LogP contribution in [0.5, 0.6) is 0 Å². The molecule has 0 aliphatic carbocycles. The van der Waals surface area contributed by atoms with Crippen LogP contribution in [0.3, 0.4) is 0 Å². The van der Waals surface area contributed by atoms with E-state index in [1.165, 1.54) is 24.4 Å². The predicted molar refractivity (Wildman–Crippen MR) is 62.9 cm³/mol. The molecule has 0 fully saturated rings. The third-order valence-corrected chi connectivity index (χ3v) is 2.59. The molecule has 1 heterocycles. The number of halogens is 3. The summed E-state index contributed by atoms with van der Waals surface area (Å²) in [5.41, 5.74) is 0.822. The Bertz CT molecular complexity index is 511. The molecule has 88 valence electrons. The smallest absolute Gasteiger partial charge is 0.143 e. The largest absolute Gasteiger partial charge is 0.379 e. The van der Waals surface area contributed by atoms with Crippen LogP contribution < -0.4 is 5.32 Å². The molecule has 2 nitrogen and oxygen atoms in total. The van der Waals surface area contributed by atoms with Gasteiger partial charge in [-0.25, -0.2) is 8.78 Å². The second-order valence-corrected chi connectivity index (χ2v) is 3.85. The van der Waals surface area contributed by atoms with Gasteiger partial charge in [-0.15, -0.1) is 0 Å². The van der Waals surface area contributed by atoms with Crippen molar-refractivity contribution in [2.24, 2.45) is 0 Å². The van der Waals surface area contributed by atoms with Gasteiger partial charge in [0.05, 0.1) is 18.1 Å². The highest BCUT2D eigenvalue weighted by atomic mass is 35.5. The molecule has 1 aromatic carbocycles. The number of pyridine rings is 1. The molecule has 0 saturated heterocycles. The highest BCUT2D eigenvalue weighted by Gasteiger charge is 2.06. The third-order valence-electron chi connectivity index (χ3n) is 2.24. The first-order chi connectivity index (χ1) is 8.16. The Morgan fingerprint density at radius 3 is 2.76 bits per heavy atom. The molecule has 5 heteroatoms. The fraction of sp³-hybridized carbons (Fsp3) is 0.0833. The van der Waals surface area contributed by atoms with E-state index in [4.69, 9.17) is 11.6 Å². The molecule has 0 bridgehead atoms. The summed E-state index contributed by atoms with van der Waals surface area (Å²) in [7, 11) is 0. The van der Waals surface area contributed by atoms with Crippen molar-refractivity contribution >= 4 is 17.3 Å². The first-order valence-corrected chi connectivity index (χ1v) is 5.32. The van der Waals surface area contributed by atoms with Crippen molar-refractivity contribution in [1.29, 1.82) is 0 Å². The Morgan fingerprint density at radius 1 is 1.24 bits per heavy atom. The lowest BCUT2D eigenvalue weighted by Crippen LogP contribution is -2.03.